The Morgan fingerprint density at radius 1 is 0.727 bits per heavy atom. The maximum absolute atomic E-state index is 12.5. The van der Waals surface area contributed by atoms with Gasteiger partial charge >= 0.3 is 11.9 Å². The molecule has 55 heavy (non-hydrogen) atoms. The number of allylic oxidation sites excluding steroid dienone is 6. The van der Waals surface area contributed by atoms with Gasteiger partial charge in [0.25, 0.3) is 40.5 Å². The summed E-state index contributed by atoms with van der Waals surface area (Å²) in [5.41, 5.74) is -2.01. The summed E-state index contributed by atoms with van der Waals surface area (Å²) in [6.07, 6.45) is 7.21. The highest BCUT2D eigenvalue weighted by atomic mass is 32.2. The molecule has 0 aliphatic carbocycles. The van der Waals surface area contributed by atoms with E-state index in [9.17, 15) is 71.7 Å². The first-order chi connectivity index (χ1) is 25.0. The molecule has 0 saturated carbocycles. The zero-order chi connectivity index (χ0) is 41.7. The van der Waals surface area contributed by atoms with Gasteiger partial charge in [-0.15, -0.1) is 0 Å². The molecule has 6 N–H and O–H groups in total. The van der Waals surface area contributed by atoms with Crippen molar-refractivity contribution in [2.45, 2.75) is 61.2 Å². The highest BCUT2D eigenvalue weighted by Crippen LogP contribution is 2.51. The van der Waals surface area contributed by atoms with E-state index in [2.05, 4.69) is 0 Å². The topological polar surface area (TPSA) is 298 Å². The van der Waals surface area contributed by atoms with Crippen LogP contribution in [0.4, 0.5) is 11.4 Å². The fraction of sp³-hybridized carbons (Fsp3) is 0.364. The van der Waals surface area contributed by atoms with Crippen molar-refractivity contribution in [2.24, 2.45) is 0 Å². The van der Waals surface area contributed by atoms with Crippen LogP contribution in [0, 0.1) is 0 Å². The average Bonchev–Trinajstić information content (AvgIpc) is 3.36. The van der Waals surface area contributed by atoms with Crippen molar-refractivity contribution in [1.29, 1.82) is 0 Å². The Bertz CT molecular complexity index is 2550. The van der Waals surface area contributed by atoms with Crippen LogP contribution in [-0.2, 0) is 51.3 Å². The molecule has 300 valence electrons. The minimum Gasteiger partial charge on any atom is -0.478 e. The summed E-state index contributed by atoms with van der Waals surface area (Å²) in [5.74, 6) is -4.16. The number of benzene rings is 2. The van der Waals surface area contributed by atoms with E-state index in [0.717, 1.165) is 12.1 Å². The van der Waals surface area contributed by atoms with Crippen LogP contribution in [0.2, 0.25) is 0 Å². The maximum Gasteiger partial charge on any atom is 0.336 e. The van der Waals surface area contributed by atoms with Crippen LogP contribution in [-0.4, -0.2) is 109 Å². The van der Waals surface area contributed by atoms with Crippen LogP contribution in [0.15, 0.2) is 70.1 Å². The number of carboxylic acids is 2. The second-order valence-corrected chi connectivity index (χ2v) is 19.8. The molecular weight excluding hydrogens is 809 g/mol. The number of carboxylic acid groups (broad SMARTS) is 2. The van der Waals surface area contributed by atoms with Crippen molar-refractivity contribution in [3.63, 3.8) is 0 Å². The fourth-order valence-corrected chi connectivity index (χ4v) is 9.48. The van der Waals surface area contributed by atoms with Gasteiger partial charge in [-0.3, -0.25) is 18.2 Å². The van der Waals surface area contributed by atoms with Gasteiger partial charge in [-0.1, -0.05) is 32.1 Å². The van der Waals surface area contributed by atoms with Gasteiger partial charge in [0.05, 0.1) is 38.5 Å². The predicted octanol–water partition coefficient (Wildman–Crippen LogP) is 3.30. The van der Waals surface area contributed by atoms with Crippen molar-refractivity contribution in [2.75, 3.05) is 29.5 Å². The number of rotatable bonds is 15. The van der Waals surface area contributed by atoms with E-state index >= 15 is 0 Å². The third kappa shape index (κ3) is 9.40. The van der Waals surface area contributed by atoms with E-state index in [1.165, 1.54) is 35.3 Å². The molecule has 0 spiro atoms. The highest BCUT2D eigenvalue weighted by molar-refractivity contribution is 7.87. The summed E-state index contributed by atoms with van der Waals surface area (Å²) >= 11 is 0. The van der Waals surface area contributed by atoms with Gasteiger partial charge in [-0.05, 0) is 44.5 Å². The molecule has 2 aliphatic rings. The second kappa shape index (κ2) is 15.0. The lowest BCUT2D eigenvalue weighted by Gasteiger charge is -2.27. The van der Waals surface area contributed by atoms with Crippen LogP contribution in [0.3, 0.4) is 0 Å². The Morgan fingerprint density at radius 2 is 1.33 bits per heavy atom. The monoisotopic (exact) mass is 847 g/mol. The van der Waals surface area contributed by atoms with Crippen molar-refractivity contribution < 1.29 is 76.3 Å². The molecule has 0 bridgehead atoms. The van der Waals surface area contributed by atoms with Crippen LogP contribution in [0.25, 0.3) is 0 Å². The van der Waals surface area contributed by atoms with E-state index < -0.39 is 84.5 Å². The molecular formula is C33H39N2O16S4+. The quantitative estimate of drug-likeness (QED) is 0.0851. The van der Waals surface area contributed by atoms with Crippen LogP contribution >= 0.6 is 0 Å². The van der Waals surface area contributed by atoms with Crippen molar-refractivity contribution in [1.82, 2.24) is 0 Å². The number of nitrogens with zero attached hydrogens (tertiary/aromatic N) is 2. The van der Waals surface area contributed by atoms with Crippen LogP contribution in [0.5, 0.6) is 0 Å². The summed E-state index contributed by atoms with van der Waals surface area (Å²) < 4.78 is 135. The highest BCUT2D eigenvalue weighted by Gasteiger charge is 2.48. The van der Waals surface area contributed by atoms with Crippen molar-refractivity contribution in [3.8, 4) is 0 Å². The lowest BCUT2D eigenvalue weighted by molar-refractivity contribution is -0.437. The normalized spacial score (nSPS) is 17.7. The first-order valence-electron chi connectivity index (χ1n) is 16.2. The molecule has 0 radical (unpaired) electrons. The first-order valence-corrected chi connectivity index (χ1v) is 22.3. The molecule has 2 aliphatic heterocycles. The summed E-state index contributed by atoms with van der Waals surface area (Å²) in [6, 6.07) is 3.85. The molecule has 4 rings (SSSR count). The number of fused-ring (bicyclic) bond motifs is 2. The molecule has 0 atom stereocenters. The number of aromatic carboxylic acids is 2. The van der Waals surface area contributed by atoms with Gasteiger partial charge in [0, 0.05) is 47.5 Å². The minimum atomic E-state index is -5.10. The van der Waals surface area contributed by atoms with Gasteiger partial charge in [0.15, 0.2) is 5.71 Å². The Hall–Kier alpha value is -4.29. The van der Waals surface area contributed by atoms with E-state index in [-0.39, 0.29) is 65.3 Å². The van der Waals surface area contributed by atoms with Gasteiger partial charge in [0.1, 0.15) is 11.4 Å². The minimum absolute atomic E-state index is 0.0685. The molecule has 0 aromatic heterocycles. The second-order valence-electron chi connectivity index (χ2n) is 13.8. The number of hydrogen-bond donors (Lipinski definition) is 6. The summed E-state index contributed by atoms with van der Waals surface area (Å²) in [6.45, 7) is 6.19. The van der Waals surface area contributed by atoms with E-state index in [1.54, 1.807) is 38.3 Å². The van der Waals surface area contributed by atoms with Gasteiger partial charge in [-0.2, -0.15) is 38.2 Å². The zero-order valence-corrected chi connectivity index (χ0v) is 33.0. The molecule has 2 aromatic rings. The zero-order valence-electron chi connectivity index (χ0n) is 29.7. The Labute approximate surface area is 317 Å². The van der Waals surface area contributed by atoms with E-state index in [4.69, 9.17) is 0 Å². The van der Waals surface area contributed by atoms with Crippen molar-refractivity contribution in [3.05, 3.63) is 82.6 Å². The smallest absolute Gasteiger partial charge is 0.336 e. The number of anilines is 1. The van der Waals surface area contributed by atoms with Crippen molar-refractivity contribution >= 4 is 69.5 Å². The fourth-order valence-electron chi connectivity index (χ4n) is 6.99. The van der Waals surface area contributed by atoms with Gasteiger partial charge in [0.2, 0.25) is 5.69 Å². The predicted molar refractivity (Wildman–Crippen MR) is 198 cm³/mol. The molecule has 0 unspecified atom stereocenters. The summed E-state index contributed by atoms with van der Waals surface area (Å²) in [4.78, 5) is 23.9. The Morgan fingerprint density at radius 3 is 1.85 bits per heavy atom. The van der Waals surface area contributed by atoms with Crippen LogP contribution in [0.1, 0.15) is 72.4 Å². The number of carbonyl (C=O) groups is 2. The van der Waals surface area contributed by atoms with E-state index in [1.807, 2.05) is 0 Å². The maximum atomic E-state index is 12.5. The molecule has 2 aromatic carbocycles. The number of hydrogen-bond acceptors (Lipinski definition) is 11. The summed E-state index contributed by atoms with van der Waals surface area (Å²) in [7, 11) is -18.9. The largest absolute Gasteiger partial charge is 0.478 e. The molecule has 22 heteroatoms. The molecule has 0 fully saturated rings. The molecule has 2 heterocycles. The lowest BCUT2D eigenvalue weighted by Crippen LogP contribution is -2.29. The molecule has 0 saturated heterocycles. The Balaban J connectivity index is 1.86. The SMILES string of the molecule is CC1(C)C(/C=C/C=C/C=C2/N(CCCS(=O)(=O)O)c3cc(S(=O)(=O)O)cc(S(=O)(=O)O)c3C2(C)C)=[N+](CCCS(=O)(=O)O)c2cc(C(=O)O)cc(C(=O)O)c21. The Kier molecular flexibility index (Phi) is 11.8. The summed E-state index contributed by atoms with van der Waals surface area (Å²) in [5, 5.41) is 19.7. The van der Waals surface area contributed by atoms with Crippen LogP contribution < -0.4 is 4.90 Å². The van der Waals surface area contributed by atoms with Gasteiger partial charge in [-0.25, -0.2) is 9.59 Å². The first kappa shape index (κ1) is 43.4. The average molecular weight is 848 g/mol. The van der Waals surface area contributed by atoms with Gasteiger partial charge < -0.3 is 15.1 Å². The molecule has 0 amide bonds. The lowest BCUT2D eigenvalue weighted by atomic mass is 9.78. The standard InChI is InChI=1S/C33H38N2O16S4/c1-32(2)26(34(12-8-14-52(40,41)42)23-17-20(30(36)37)16-22(28(23)32)31(38)39)10-6-5-7-11-27-33(3,4)29-24(35(27)13-9-15-53(43,44)45)18-21(54(46,47)48)19-25(29)55(49,50)51/h5-7,10-11,16-19H,8-9,12-15H2,1-4H3,(H5-,36,37,38,39,40,41,42,43,44,45,46,47,48,49,50,51)/p+1. The third-order valence-corrected chi connectivity index (χ3v) is 12.5. The third-order valence-electron chi connectivity index (χ3n) is 9.22. The molecule has 18 nitrogen and oxygen atoms in total. The van der Waals surface area contributed by atoms with E-state index in [0.29, 0.717) is 11.8 Å².